The lowest BCUT2D eigenvalue weighted by molar-refractivity contribution is 0.285. The molecule has 1 aromatic rings. The molecular weight excluding hydrogens is 246 g/mol. The number of hydrogen-bond acceptors (Lipinski definition) is 3. The molecule has 1 aliphatic rings. The molecule has 0 amide bonds. The van der Waals surface area contributed by atoms with Crippen LogP contribution in [0.2, 0.25) is 5.15 Å². The van der Waals surface area contributed by atoms with Crippen molar-refractivity contribution < 1.29 is 0 Å². The van der Waals surface area contributed by atoms with Crippen molar-refractivity contribution in [2.75, 3.05) is 25.0 Å². The molecule has 1 atom stereocenters. The van der Waals surface area contributed by atoms with Crippen molar-refractivity contribution in [3.05, 3.63) is 23.5 Å². The first-order valence-corrected chi connectivity index (χ1v) is 7.27. The molecule has 1 unspecified atom stereocenters. The Morgan fingerprint density at radius 3 is 3.11 bits per heavy atom. The molecule has 4 heteroatoms. The van der Waals surface area contributed by atoms with Gasteiger partial charge in [-0.1, -0.05) is 18.5 Å². The Morgan fingerprint density at radius 2 is 2.33 bits per heavy atom. The summed E-state index contributed by atoms with van der Waals surface area (Å²) in [6.45, 7) is 5.88. The summed E-state index contributed by atoms with van der Waals surface area (Å²) in [7, 11) is 0. The van der Waals surface area contributed by atoms with Crippen LogP contribution in [-0.4, -0.2) is 35.6 Å². The Morgan fingerprint density at radius 1 is 1.44 bits per heavy atom. The highest BCUT2D eigenvalue weighted by Gasteiger charge is 2.17. The summed E-state index contributed by atoms with van der Waals surface area (Å²) in [6.07, 6.45) is 6.63. The fraction of sp³-hybridized carbons (Fsp3) is 0.643. The van der Waals surface area contributed by atoms with E-state index in [9.17, 15) is 0 Å². The molecule has 0 aromatic carbocycles. The molecule has 18 heavy (non-hydrogen) atoms. The number of halogens is 1. The van der Waals surface area contributed by atoms with Crippen molar-refractivity contribution in [2.24, 2.45) is 0 Å². The summed E-state index contributed by atoms with van der Waals surface area (Å²) < 4.78 is 0. The van der Waals surface area contributed by atoms with E-state index in [2.05, 4.69) is 22.1 Å². The van der Waals surface area contributed by atoms with E-state index in [0.717, 1.165) is 5.69 Å². The minimum Gasteiger partial charge on any atom is -0.380 e. The van der Waals surface area contributed by atoms with Gasteiger partial charge in [0.25, 0.3) is 0 Å². The van der Waals surface area contributed by atoms with Crippen LogP contribution in [0.4, 0.5) is 5.69 Å². The van der Waals surface area contributed by atoms with Gasteiger partial charge in [0.2, 0.25) is 0 Å². The molecule has 1 fully saturated rings. The summed E-state index contributed by atoms with van der Waals surface area (Å²) >= 11 is 6.08. The van der Waals surface area contributed by atoms with Crippen molar-refractivity contribution in [3.8, 4) is 0 Å². The Kier molecular flexibility index (Phi) is 5.26. The molecule has 1 saturated heterocycles. The third kappa shape index (κ3) is 3.85. The Bertz CT molecular complexity index is 370. The summed E-state index contributed by atoms with van der Waals surface area (Å²) in [5, 5.41) is 4.11. The van der Waals surface area contributed by atoms with Crippen molar-refractivity contribution in [1.82, 2.24) is 9.88 Å². The van der Waals surface area contributed by atoms with Crippen LogP contribution < -0.4 is 5.32 Å². The number of likely N-dealkylation sites (tertiary alicyclic amines) is 1. The highest BCUT2D eigenvalue weighted by Crippen LogP contribution is 2.22. The maximum Gasteiger partial charge on any atom is 0.152 e. The van der Waals surface area contributed by atoms with E-state index in [1.54, 1.807) is 6.20 Å². The number of nitrogens with one attached hydrogen (secondary N) is 1. The van der Waals surface area contributed by atoms with Gasteiger partial charge in [-0.05, 0) is 50.9 Å². The predicted octanol–water partition coefficient (Wildman–Crippen LogP) is 3.41. The standard InChI is InChI=1S/C14H22ClN3/c1-2-9-18-10-4-5-12(7-11-18)17-13-6-3-8-16-14(13)15/h3,6,8,12,17H,2,4-5,7,9-11H2,1H3. The number of anilines is 1. The molecule has 1 aliphatic heterocycles. The monoisotopic (exact) mass is 267 g/mol. The van der Waals surface area contributed by atoms with E-state index < -0.39 is 0 Å². The van der Waals surface area contributed by atoms with Crippen LogP contribution in [0.15, 0.2) is 18.3 Å². The van der Waals surface area contributed by atoms with Gasteiger partial charge in [0.15, 0.2) is 5.15 Å². The SMILES string of the molecule is CCCN1CCCC(Nc2cccnc2Cl)CC1. The first kappa shape index (κ1) is 13.6. The number of pyridine rings is 1. The zero-order chi connectivity index (χ0) is 12.8. The number of hydrogen-bond donors (Lipinski definition) is 1. The molecule has 0 saturated carbocycles. The van der Waals surface area contributed by atoms with Gasteiger partial charge in [-0.25, -0.2) is 4.98 Å². The normalized spacial score (nSPS) is 21.6. The van der Waals surface area contributed by atoms with Crippen LogP contribution in [0.1, 0.15) is 32.6 Å². The fourth-order valence-electron chi connectivity index (χ4n) is 2.55. The lowest BCUT2D eigenvalue weighted by Gasteiger charge is -2.20. The summed E-state index contributed by atoms with van der Waals surface area (Å²) in [5.41, 5.74) is 0.966. The van der Waals surface area contributed by atoms with Crippen LogP contribution in [0.3, 0.4) is 0 Å². The van der Waals surface area contributed by atoms with Gasteiger partial charge in [-0.3, -0.25) is 0 Å². The third-order valence-electron chi connectivity index (χ3n) is 3.48. The molecular formula is C14H22ClN3. The minimum atomic E-state index is 0.522. The summed E-state index contributed by atoms with van der Waals surface area (Å²) in [6, 6.07) is 4.45. The molecule has 2 heterocycles. The number of rotatable bonds is 4. The van der Waals surface area contributed by atoms with Gasteiger partial charge in [-0.15, -0.1) is 0 Å². The van der Waals surface area contributed by atoms with Crippen molar-refractivity contribution >= 4 is 17.3 Å². The molecule has 1 aromatic heterocycles. The lowest BCUT2D eigenvalue weighted by Crippen LogP contribution is -2.27. The van der Waals surface area contributed by atoms with Crippen LogP contribution in [-0.2, 0) is 0 Å². The molecule has 0 radical (unpaired) electrons. The maximum atomic E-state index is 6.08. The van der Waals surface area contributed by atoms with Crippen LogP contribution in [0.5, 0.6) is 0 Å². The molecule has 1 N–H and O–H groups in total. The first-order chi connectivity index (χ1) is 8.79. The molecule has 3 nitrogen and oxygen atoms in total. The Balaban J connectivity index is 1.89. The second-order valence-electron chi connectivity index (χ2n) is 4.96. The maximum absolute atomic E-state index is 6.08. The van der Waals surface area contributed by atoms with Crippen LogP contribution >= 0.6 is 11.6 Å². The molecule has 2 rings (SSSR count). The van der Waals surface area contributed by atoms with E-state index in [1.807, 2.05) is 12.1 Å². The largest absolute Gasteiger partial charge is 0.380 e. The zero-order valence-corrected chi connectivity index (χ0v) is 11.8. The quantitative estimate of drug-likeness (QED) is 0.848. The zero-order valence-electron chi connectivity index (χ0n) is 11.0. The van der Waals surface area contributed by atoms with E-state index in [0.29, 0.717) is 11.2 Å². The first-order valence-electron chi connectivity index (χ1n) is 6.89. The average Bonchev–Trinajstić information content (AvgIpc) is 2.59. The van der Waals surface area contributed by atoms with E-state index >= 15 is 0 Å². The summed E-state index contributed by atoms with van der Waals surface area (Å²) in [5.74, 6) is 0. The van der Waals surface area contributed by atoms with Gasteiger partial charge in [0, 0.05) is 18.8 Å². The van der Waals surface area contributed by atoms with Crippen molar-refractivity contribution in [2.45, 2.75) is 38.6 Å². The molecule has 0 spiro atoms. The van der Waals surface area contributed by atoms with Gasteiger partial charge in [0.1, 0.15) is 0 Å². The highest BCUT2D eigenvalue weighted by atomic mass is 35.5. The second-order valence-corrected chi connectivity index (χ2v) is 5.31. The minimum absolute atomic E-state index is 0.522. The highest BCUT2D eigenvalue weighted by molar-refractivity contribution is 6.31. The van der Waals surface area contributed by atoms with Gasteiger partial charge < -0.3 is 10.2 Å². The summed E-state index contributed by atoms with van der Waals surface area (Å²) in [4.78, 5) is 6.67. The van der Waals surface area contributed by atoms with Gasteiger partial charge in [0.05, 0.1) is 5.69 Å². The van der Waals surface area contributed by atoms with Gasteiger partial charge >= 0.3 is 0 Å². The topological polar surface area (TPSA) is 28.2 Å². The average molecular weight is 268 g/mol. The molecule has 0 aliphatic carbocycles. The van der Waals surface area contributed by atoms with E-state index in [1.165, 1.54) is 45.3 Å². The lowest BCUT2D eigenvalue weighted by atomic mass is 10.1. The smallest absolute Gasteiger partial charge is 0.152 e. The predicted molar refractivity (Wildman–Crippen MR) is 77.2 cm³/mol. The third-order valence-corrected chi connectivity index (χ3v) is 3.78. The number of nitrogens with zero attached hydrogens (tertiary/aromatic N) is 2. The Hall–Kier alpha value is -0.800. The van der Waals surface area contributed by atoms with Gasteiger partial charge in [-0.2, -0.15) is 0 Å². The second kappa shape index (κ2) is 6.95. The molecule has 0 bridgehead atoms. The van der Waals surface area contributed by atoms with Crippen molar-refractivity contribution in [3.63, 3.8) is 0 Å². The fourth-order valence-corrected chi connectivity index (χ4v) is 2.73. The van der Waals surface area contributed by atoms with Crippen LogP contribution in [0, 0.1) is 0 Å². The molecule has 100 valence electrons. The Labute approximate surface area is 115 Å². The van der Waals surface area contributed by atoms with E-state index in [4.69, 9.17) is 11.6 Å². The van der Waals surface area contributed by atoms with E-state index in [-0.39, 0.29) is 0 Å². The van der Waals surface area contributed by atoms with Crippen molar-refractivity contribution in [1.29, 1.82) is 0 Å². The van der Waals surface area contributed by atoms with Crippen LogP contribution in [0.25, 0.3) is 0 Å². The number of aromatic nitrogens is 1.